The molecule has 20 heavy (non-hydrogen) atoms. The van der Waals surface area contributed by atoms with Crippen LogP contribution in [0.1, 0.15) is 36.9 Å². The van der Waals surface area contributed by atoms with E-state index in [9.17, 15) is 9.90 Å². The highest BCUT2D eigenvalue weighted by molar-refractivity contribution is 5.91. The van der Waals surface area contributed by atoms with E-state index in [1.807, 2.05) is 26.0 Å². The minimum atomic E-state index is -1.07. The summed E-state index contributed by atoms with van der Waals surface area (Å²) in [4.78, 5) is 10.9. The summed E-state index contributed by atoms with van der Waals surface area (Å²) in [7, 11) is 0. The lowest BCUT2D eigenvalue weighted by Crippen LogP contribution is -2.47. The molecule has 2 rings (SSSR count). The van der Waals surface area contributed by atoms with Gasteiger partial charge in [0.25, 0.3) is 0 Å². The molecule has 1 unspecified atom stereocenters. The van der Waals surface area contributed by atoms with E-state index >= 15 is 0 Å². The number of aliphatic hydroxyl groups excluding tert-OH is 1. The molecule has 3 N–H and O–H groups in total. The maximum atomic E-state index is 10.9. The van der Waals surface area contributed by atoms with E-state index in [0.717, 1.165) is 10.9 Å². The monoisotopic (exact) mass is 277 g/mol. The van der Waals surface area contributed by atoms with Crippen molar-refractivity contribution in [1.82, 2.24) is 5.32 Å². The summed E-state index contributed by atoms with van der Waals surface area (Å²) in [5.74, 6) is -1.13. The van der Waals surface area contributed by atoms with Gasteiger partial charge in [0.1, 0.15) is 5.58 Å². The second-order valence-electron chi connectivity index (χ2n) is 5.54. The number of carboxylic acids is 1. The Balaban J connectivity index is 2.18. The van der Waals surface area contributed by atoms with Crippen LogP contribution < -0.4 is 5.32 Å². The third-order valence-electron chi connectivity index (χ3n) is 3.58. The molecule has 0 spiro atoms. The van der Waals surface area contributed by atoms with Crippen molar-refractivity contribution in [3.05, 3.63) is 35.6 Å². The summed E-state index contributed by atoms with van der Waals surface area (Å²) in [5.41, 5.74) is 1.17. The second kappa shape index (κ2) is 5.26. The Labute approximate surface area is 117 Å². The molecule has 0 aliphatic heterocycles. The molecule has 0 radical (unpaired) electrons. The number of fused-ring (bicyclic) bond motifs is 1. The van der Waals surface area contributed by atoms with Gasteiger partial charge in [-0.2, -0.15) is 0 Å². The number of benzene rings is 1. The van der Waals surface area contributed by atoms with E-state index in [0.29, 0.717) is 12.1 Å². The SMILES string of the molecule is CC(O)C(C)(C)NCc1ccc2oc(C(=O)O)cc2c1. The molecule has 0 bridgehead atoms. The van der Waals surface area contributed by atoms with Crippen LogP contribution in [0.5, 0.6) is 0 Å². The van der Waals surface area contributed by atoms with Gasteiger partial charge in [0.05, 0.1) is 6.10 Å². The quantitative estimate of drug-likeness (QED) is 0.781. The summed E-state index contributed by atoms with van der Waals surface area (Å²) in [5, 5.41) is 22.6. The Kier molecular flexibility index (Phi) is 3.83. The Morgan fingerprint density at radius 1 is 1.40 bits per heavy atom. The lowest BCUT2D eigenvalue weighted by atomic mass is 9.98. The van der Waals surface area contributed by atoms with Crippen LogP contribution in [0.3, 0.4) is 0 Å². The maximum absolute atomic E-state index is 10.9. The molecule has 0 aliphatic carbocycles. The van der Waals surface area contributed by atoms with Crippen molar-refractivity contribution in [3.8, 4) is 0 Å². The topological polar surface area (TPSA) is 82.7 Å². The van der Waals surface area contributed by atoms with E-state index in [4.69, 9.17) is 9.52 Å². The number of aromatic carboxylic acids is 1. The molecule has 1 heterocycles. The smallest absolute Gasteiger partial charge is 0.371 e. The minimum Gasteiger partial charge on any atom is -0.475 e. The zero-order chi connectivity index (χ0) is 14.9. The van der Waals surface area contributed by atoms with Crippen molar-refractivity contribution >= 4 is 16.9 Å². The highest BCUT2D eigenvalue weighted by Gasteiger charge is 2.23. The first-order valence-corrected chi connectivity index (χ1v) is 6.48. The van der Waals surface area contributed by atoms with E-state index in [1.165, 1.54) is 6.07 Å². The summed E-state index contributed by atoms with van der Waals surface area (Å²) < 4.78 is 5.21. The molecular formula is C15H19NO4. The molecule has 1 aromatic carbocycles. The van der Waals surface area contributed by atoms with Gasteiger partial charge in [0, 0.05) is 17.5 Å². The zero-order valence-corrected chi connectivity index (χ0v) is 11.8. The Bertz CT molecular complexity index is 628. The van der Waals surface area contributed by atoms with Crippen molar-refractivity contribution in [2.45, 2.75) is 39.0 Å². The lowest BCUT2D eigenvalue weighted by molar-refractivity contribution is 0.0665. The van der Waals surface area contributed by atoms with Crippen molar-refractivity contribution in [1.29, 1.82) is 0 Å². The molecule has 5 heteroatoms. The van der Waals surface area contributed by atoms with Gasteiger partial charge in [-0.3, -0.25) is 0 Å². The highest BCUT2D eigenvalue weighted by Crippen LogP contribution is 2.21. The third-order valence-corrected chi connectivity index (χ3v) is 3.58. The fourth-order valence-corrected chi connectivity index (χ4v) is 1.79. The van der Waals surface area contributed by atoms with Crippen LogP contribution in [0.2, 0.25) is 0 Å². The fraction of sp³-hybridized carbons (Fsp3) is 0.400. The largest absolute Gasteiger partial charge is 0.475 e. The van der Waals surface area contributed by atoms with Gasteiger partial charge in [-0.25, -0.2) is 4.79 Å². The normalized spacial score (nSPS) is 13.6. The third kappa shape index (κ3) is 3.00. The number of hydrogen-bond acceptors (Lipinski definition) is 4. The molecule has 0 fully saturated rings. The van der Waals surface area contributed by atoms with Crippen LogP contribution in [0.4, 0.5) is 0 Å². The predicted molar refractivity (Wildman–Crippen MR) is 75.8 cm³/mol. The number of aliphatic hydroxyl groups is 1. The lowest BCUT2D eigenvalue weighted by Gasteiger charge is -2.29. The standard InChI is InChI=1S/C15H19NO4/c1-9(17)15(2,3)16-8-10-4-5-12-11(6-10)7-13(20-12)14(18)19/h4-7,9,16-17H,8H2,1-3H3,(H,18,19). The van der Waals surface area contributed by atoms with Crippen LogP contribution in [0.25, 0.3) is 11.0 Å². The van der Waals surface area contributed by atoms with E-state index < -0.39 is 17.6 Å². The summed E-state index contributed by atoms with van der Waals surface area (Å²) in [6, 6.07) is 7.04. The van der Waals surface area contributed by atoms with Crippen molar-refractivity contribution < 1.29 is 19.4 Å². The van der Waals surface area contributed by atoms with Gasteiger partial charge in [-0.15, -0.1) is 0 Å². The molecule has 1 aromatic heterocycles. The molecule has 0 aliphatic rings. The molecule has 1 atom stereocenters. The number of furan rings is 1. The highest BCUT2D eigenvalue weighted by atomic mass is 16.4. The molecule has 0 amide bonds. The van der Waals surface area contributed by atoms with Gasteiger partial charge in [-0.05, 0) is 44.5 Å². The Morgan fingerprint density at radius 2 is 2.10 bits per heavy atom. The van der Waals surface area contributed by atoms with Gasteiger partial charge in [0.15, 0.2) is 0 Å². The summed E-state index contributed by atoms with van der Waals surface area (Å²) in [6.07, 6.45) is -0.473. The van der Waals surface area contributed by atoms with Crippen LogP contribution in [-0.2, 0) is 6.54 Å². The molecule has 0 saturated carbocycles. The molecule has 108 valence electrons. The number of hydrogen-bond donors (Lipinski definition) is 3. The molecule has 5 nitrogen and oxygen atoms in total. The van der Waals surface area contributed by atoms with Crippen LogP contribution in [-0.4, -0.2) is 27.8 Å². The Morgan fingerprint density at radius 3 is 2.70 bits per heavy atom. The fourth-order valence-electron chi connectivity index (χ4n) is 1.79. The summed E-state index contributed by atoms with van der Waals surface area (Å²) in [6.45, 7) is 6.18. The number of nitrogens with one attached hydrogen (secondary N) is 1. The average Bonchev–Trinajstić information content (AvgIpc) is 2.79. The van der Waals surface area contributed by atoms with Crippen molar-refractivity contribution in [3.63, 3.8) is 0 Å². The summed E-state index contributed by atoms with van der Waals surface area (Å²) >= 11 is 0. The van der Waals surface area contributed by atoms with Crippen LogP contribution in [0, 0.1) is 0 Å². The van der Waals surface area contributed by atoms with E-state index in [2.05, 4.69) is 5.32 Å². The van der Waals surface area contributed by atoms with Crippen molar-refractivity contribution in [2.24, 2.45) is 0 Å². The van der Waals surface area contributed by atoms with E-state index in [-0.39, 0.29) is 5.76 Å². The van der Waals surface area contributed by atoms with Gasteiger partial charge >= 0.3 is 5.97 Å². The number of carbonyl (C=O) groups is 1. The second-order valence-corrected chi connectivity index (χ2v) is 5.54. The van der Waals surface area contributed by atoms with Gasteiger partial charge < -0.3 is 19.9 Å². The minimum absolute atomic E-state index is 0.0607. The van der Waals surface area contributed by atoms with Crippen molar-refractivity contribution in [2.75, 3.05) is 0 Å². The number of rotatable bonds is 5. The Hall–Kier alpha value is -1.85. The first kappa shape index (κ1) is 14.6. The molecular weight excluding hydrogens is 258 g/mol. The first-order valence-electron chi connectivity index (χ1n) is 6.48. The van der Waals surface area contributed by atoms with Crippen LogP contribution >= 0.6 is 0 Å². The van der Waals surface area contributed by atoms with E-state index in [1.54, 1.807) is 13.0 Å². The number of carboxylic acid groups (broad SMARTS) is 1. The van der Waals surface area contributed by atoms with Gasteiger partial charge in [0.2, 0.25) is 5.76 Å². The average molecular weight is 277 g/mol. The first-order chi connectivity index (χ1) is 9.29. The molecule has 0 saturated heterocycles. The maximum Gasteiger partial charge on any atom is 0.371 e. The molecule has 2 aromatic rings. The predicted octanol–water partition coefficient (Wildman–Crippen LogP) is 2.38. The zero-order valence-electron chi connectivity index (χ0n) is 11.8. The van der Waals surface area contributed by atoms with Crippen LogP contribution in [0.15, 0.2) is 28.7 Å². The van der Waals surface area contributed by atoms with Gasteiger partial charge in [-0.1, -0.05) is 6.07 Å².